The van der Waals surface area contributed by atoms with Crippen molar-refractivity contribution in [1.29, 1.82) is 0 Å². The second kappa shape index (κ2) is 4.43. The van der Waals surface area contributed by atoms with Gasteiger partial charge in [0.05, 0.1) is 6.10 Å². The summed E-state index contributed by atoms with van der Waals surface area (Å²) >= 11 is 0. The maximum absolute atomic E-state index is 10.1. The molecule has 1 aromatic rings. The molecule has 0 heterocycles. The Morgan fingerprint density at radius 2 is 1.93 bits per heavy atom. The highest BCUT2D eigenvalue weighted by Gasteiger charge is 2.20. The van der Waals surface area contributed by atoms with E-state index in [0.717, 1.165) is 24.8 Å². The summed E-state index contributed by atoms with van der Waals surface area (Å²) in [6.07, 6.45) is 7.31. The molecule has 0 saturated carbocycles. The number of benzene rings is 1. The van der Waals surface area contributed by atoms with Crippen LogP contribution in [0.2, 0.25) is 0 Å². The van der Waals surface area contributed by atoms with Gasteiger partial charge in [-0.05, 0) is 30.7 Å². The van der Waals surface area contributed by atoms with Gasteiger partial charge in [0.25, 0.3) is 0 Å². The van der Waals surface area contributed by atoms with E-state index in [1.165, 1.54) is 0 Å². The highest BCUT2D eigenvalue weighted by Crippen LogP contribution is 2.31. The quantitative estimate of drug-likeness (QED) is 0.707. The predicted molar refractivity (Wildman–Crippen MR) is 57.9 cm³/mol. The number of allylic oxidation sites excluding steroid dienone is 2. The highest BCUT2D eigenvalue weighted by atomic mass is 16.3. The molecule has 0 fully saturated rings. The van der Waals surface area contributed by atoms with Gasteiger partial charge in [-0.3, -0.25) is 0 Å². The fraction of sp³-hybridized carbons (Fsp3) is 0.385. The minimum atomic E-state index is -0.291. The van der Waals surface area contributed by atoms with Crippen LogP contribution in [-0.2, 0) is 0 Å². The third-order valence-electron chi connectivity index (χ3n) is 2.90. The molecular formula is C13H16O. The van der Waals surface area contributed by atoms with Crippen LogP contribution in [0.25, 0.3) is 0 Å². The largest absolute Gasteiger partial charge is 0.388 e. The third-order valence-corrected chi connectivity index (χ3v) is 2.90. The summed E-state index contributed by atoms with van der Waals surface area (Å²) < 4.78 is 0. The van der Waals surface area contributed by atoms with Crippen LogP contribution in [0, 0.1) is 5.92 Å². The Labute approximate surface area is 85.1 Å². The molecule has 1 nitrogen and oxygen atoms in total. The van der Waals surface area contributed by atoms with Crippen LogP contribution in [0.3, 0.4) is 0 Å². The van der Waals surface area contributed by atoms with Gasteiger partial charge in [0.1, 0.15) is 0 Å². The maximum atomic E-state index is 10.1. The third kappa shape index (κ3) is 2.05. The predicted octanol–water partition coefficient (Wildman–Crippen LogP) is 3.08. The fourth-order valence-corrected chi connectivity index (χ4v) is 2.03. The molecule has 0 aromatic heterocycles. The fourth-order valence-electron chi connectivity index (χ4n) is 2.03. The van der Waals surface area contributed by atoms with Crippen molar-refractivity contribution >= 4 is 0 Å². The second-order valence-corrected chi connectivity index (χ2v) is 3.90. The molecule has 0 unspecified atom stereocenters. The van der Waals surface area contributed by atoms with Gasteiger partial charge < -0.3 is 5.11 Å². The molecule has 1 heteroatoms. The van der Waals surface area contributed by atoms with Crippen molar-refractivity contribution < 1.29 is 5.11 Å². The summed E-state index contributed by atoms with van der Waals surface area (Å²) in [5, 5.41) is 10.1. The molecular weight excluding hydrogens is 172 g/mol. The van der Waals surface area contributed by atoms with Gasteiger partial charge in [-0.1, -0.05) is 42.5 Å². The van der Waals surface area contributed by atoms with E-state index in [2.05, 4.69) is 12.2 Å². The van der Waals surface area contributed by atoms with Crippen molar-refractivity contribution in [3.63, 3.8) is 0 Å². The molecule has 0 bridgehead atoms. The molecule has 1 aliphatic rings. The average Bonchev–Trinajstić information content (AvgIpc) is 2.30. The van der Waals surface area contributed by atoms with E-state index >= 15 is 0 Å². The van der Waals surface area contributed by atoms with Gasteiger partial charge in [0, 0.05) is 0 Å². The lowest BCUT2D eigenvalue weighted by Crippen LogP contribution is -2.13. The van der Waals surface area contributed by atoms with Crippen molar-refractivity contribution in [2.75, 3.05) is 0 Å². The van der Waals surface area contributed by atoms with E-state index in [4.69, 9.17) is 0 Å². The second-order valence-electron chi connectivity index (χ2n) is 3.90. The maximum Gasteiger partial charge on any atom is 0.0821 e. The first-order valence-corrected chi connectivity index (χ1v) is 5.26. The van der Waals surface area contributed by atoms with Gasteiger partial charge >= 0.3 is 0 Å². The Morgan fingerprint density at radius 1 is 1.14 bits per heavy atom. The molecule has 0 amide bonds. The zero-order valence-electron chi connectivity index (χ0n) is 8.26. The van der Waals surface area contributed by atoms with E-state index in [1.54, 1.807) is 0 Å². The van der Waals surface area contributed by atoms with Gasteiger partial charge in [0.15, 0.2) is 0 Å². The lowest BCUT2D eigenvalue weighted by molar-refractivity contribution is 0.102. The van der Waals surface area contributed by atoms with Gasteiger partial charge in [-0.25, -0.2) is 0 Å². The van der Waals surface area contributed by atoms with Crippen LogP contribution in [-0.4, -0.2) is 5.11 Å². The SMILES string of the molecule is O[C@@H](c1ccccc1)[C@@H]1CC=CCC1. The monoisotopic (exact) mass is 188 g/mol. The van der Waals surface area contributed by atoms with E-state index in [-0.39, 0.29) is 6.10 Å². The van der Waals surface area contributed by atoms with Crippen LogP contribution in [0.15, 0.2) is 42.5 Å². The number of rotatable bonds is 2. The highest BCUT2D eigenvalue weighted by molar-refractivity contribution is 5.18. The van der Waals surface area contributed by atoms with Crippen molar-refractivity contribution in [2.45, 2.75) is 25.4 Å². The average molecular weight is 188 g/mol. The Morgan fingerprint density at radius 3 is 2.57 bits per heavy atom. The molecule has 1 aromatic carbocycles. The van der Waals surface area contributed by atoms with E-state index in [1.807, 2.05) is 30.3 Å². The summed E-state index contributed by atoms with van der Waals surface area (Å²) in [4.78, 5) is 0. The molecule has 0 spiro atoms. The number of aliphatic hydroxyl groups excluding tert-OH is 1. The molecule has 2 rings (SSSR count). The van der Waals surface area contributed by atoms with Crippen molar-refractivity contribution in [2.24, 2.45) is 5.92 Å². The summed E-state index contributed by atoms with van der Waals surface area (Å²) in [7, 11) is 0. The van der Waals surface area contributed by atoms with Gasteiger partial charge in [0.2, 0.25) is 0 Å². The molecule has 1 N–H and O–H groups in total. The summed E-state index contributed by atoms with van der Waals surface area (Å²) in [5.74, 6) is 0.405. The Kier molecular flexibility index (Phi) is 3.00. The minimum Gasteiger partial charge on any atom is -0.388 e. The molecule has 2 atom stereocenters. The van der Waals surface area contributed by atoms with Gasteiger partial charge in [-0.2, -0.15) is 0 Å². The zero-order valence-corrected chi connectivity index (χ0v) is 8.26. The lowest BCUT2D eigenvalue weighted by atomic mass is 9.86. The van der Waals surface area contributed by atoms with Crippen molar-refractivity contribution in [1.82, 2.24) is 0 Å². The Hall–Kier alpha value is -1.08. The normalized spacial score (nSPS) is 23.4. The number of aliphatic hydroxyl groups is 1. The van der Waals surface area contributed by atoms with E-state index in [9.17, 15) is 5.11 Å². The van der Waals surface area contributed by atoms with Crippen LogP contribution in [0.4, 0.5) is 0 Å². The molecule has 0 saturated heterocycles. The number of hydrogen-bond donors (Lipinski definition) is 1. The van der Waals surface area contributed by atoms with Crippen LogP contribution in [0.1, 0.15) is 30.9 Å². The van der Waals surface area contributed by atoms with Crippen molar-refractivity contribution in [3.8, 4) is 0 Å². The van der Waals surface area contributed by atoms with Crippen LogP contribution >= 0.6 is 0 Å². The van der Waals surface area contributed by atoms with Crippen LogP contribution < -0.4 is 0 Å². The zero-order chi connectivity index (χ0) is 9.80. The Balaban J connectivity index is 2.08. The Bertz CT molecular complexity index is 302. The van der Waals surface area contributed by atoms with Gasteiger partial charge in [-0.15, -0.1) is 0 Å². The summed E-state index contributed by atoms with van der Waals surface area (Å²) in [5.41, 5.74) is 1.05. The molecule has 1 aliphatic carbocycles. The van der Waals surface area contributed by atoms with Crippen LogP contribution in [0.5, 0.6) is 0 Å². The molecule has 14 heavy (non-hydrogen) atoms. The smallest absolute Gasteiger partial charge is 0.0821 e. The minimum absolute atomic E-state index is 0.291. The first kappa shape index (κ1) is 9.47. The lowest BCUT2D eigenvalue weighted by Gasteiger charge is -2.23. The molecule has 74 valence electrons. The van der Waals surface area contributed by atoms with E-state index in [0.29, 0.717) is 5.92 Å². The first-order chi connectivity index (χ1) is 6.88. The standard InChI is InChI=1S/C13H16O/c14-13(11-7-3-1-4-8-11)12-9-5-2-6-10-12/h1-5,7-8,12-14H,6,9-10H2/t12-,13+/m1/s1. The first-order valence-electron chi connectivity index (χ1n) is 5.26. The molecule has 0 radical (unpaired) electrons. The summed E-state index contributed by atoms with van der Waals surface area (Å²) in [6.45, 7) is 0. The number of hydrogen-bond acceptors (Lipinski definition) is 1. The van der Waals surface area contributed by atoms with E-state index < -0.39 is 0 Å². The topological polar surface area (TPSA) is 20.2 Å². The summed E-state index contributed by atoms with van der Waals surface area (Å²) in [6, 6.07) is 9.96. The van der Waals surface area contributed by atoms with Crippen molar-refractivity contribution in [3.05, 3.63) is 48.0 Å². The molecule has 0 aliphatic heterocycles.